The molecule has 2 aromatic carbocycles. The van der Waals surface area contributed by atoms with Gasteiger partial charge in [-0.15, -0.1) is 0 Å². The number of para-hydroxylation sites is 1. The van der Waals surface area contributed by atoms with Gasteiger partial charge in [-0.1, -0.05) is 35.9 Å². The third-order valence-electron chi connectivity index (χ3n) is 5.43. The van der Waals surface area contributed by atoms with Crippen LogP contribution in [-0.4, -0.2) is 22.4 Å². The molecule has 0 saturated carbocycles. The summed E-state index contributed by atoms with van der Waals surface area (Å²) < 4.78 is 0.451. The minimum Gasteiger partial charge on any atom is -0.365 e. The Morgan fingerprint density at radius 3 is 2.73 bits per heavy atom. The summed E-state index contributed by atoms with van der Waals surface area (Å²) in [5.74, 6) is 0.737. The molecule has 0 saturated heterocycles. The molecule has 0 bridgehead atoms. The van der Waals surface area contributed by atoms with Crippen LogP contribution in [0.1, 0.15) is 48.0 Å². The summed E-state index contributed by atoms with van der Waals surface area (Å²) in [7, 11) is 0. The number of carbonyl (C=O) groups excluding carboxylic acids is 1. The molecule has 0 aliphatic heterocycles. The smallest absolute Gasteiger partial charge is 0.251 e. The average Bonchev–Trinajstić information content (AvgIpc) is 2.78. The molecule has 30 heavy (non-hydrogen) atoms. The van der Waals surface area contributed by atoms with Crippen molar-refractivity contribution in [2.24, 2.45) is 0 Å². The lowest BCUT2D eigenvalue weighted by atomic mass is 9.97. The van der Waals surface area contributed by atoms with E-state index >= 15 is 0 Å². The normalized spacial score (nSPS) is 13.7. The summed E-state index contributed by atoms with van der Waals surface area (Å²) in [5, 5.41) is 7.38. The molecule has 0 unspecified atom stereocenters. The Kier molecular flexibility index (Phi) is 6.54. The molecule has 1 amide bonds. The van der Waals surface area contributed by atoms with Gasteiger partial charge in [-0.3, -0.25) is 4.79 Å². The van der Waals surface area contributed by atoms with E-state index in [2.05, 4.69) is 26.7 Å². The summed E-state index contributed by atoms with van der Waals surface area (Å²) in [4.78, 5) is 19.9. The fraction of sp³-hybridized carbons (Fsp3) is 0.292. The van der Waals surface area contributed by atoms with Crippen molar-refractivity contribution < 1.29 is 4.79 Å². The Hall–Kier alpha value is -2.99. The number of allylic oxidation sites excluding steroid dienone is 1. The largest absolute Gasteiger partial charge is 0.365 e. The first-order chi connectivity index (χ1) is 14.7. The average molecular weight is 419 g/mol. The zero-order valence-corrected chi connectivity index (χ0v) is 17.7. The number of aromatic amines is 1. The minimum atomic E-state index is -0.0204. The first-order valence-corrected chi connectivity index (χ1v) is 10.9. The summed E-state index contributed by atoms with van der Waals surface area (Å²) >= 11 is 5.23. The van der Waals surface area contributed by atoms with Crippen molar-refractivity contribution in [1.82, 2.24) is 15.3 Å². The van der Waals surface area contributed by atoms with Crippen LogP contribution in [0.25, 0.3) is 10.9 Å². The molecule has 3 N–H and O–H groups in total. The van der Waals surface area contributed by atoms with Gasteiger partial charge < -0.3 is 15.6 Å². The number of hydrogen-bond acceptors (Lipinski definition) is 4. The lowest BCUT2D eigenvalue weighted by Crippen LogP contribution is -2.24. The Morgan fingerprint density at radius 2 is 1.93 bits per heavy atom. The van der Waals surface area contributed by atoms with Crippen LogP contribution in [0.5, 0.6) is 0 Å². The molecule has 0 fully saturated rings. The summed E-state index contributed by atoms with van der Waals surface area (Å²) in [6.07, 6.45) is 8.20. The molecule has 6 heteroatoms. The number of rotatable bonds is 7. The SMILES string of the molecule is O=C(NCCC1=CCCCC1)c1ccc(CNc2nc(=S)[nH]c3ccccc23)cc1. The Morgan fingerprint density at radius 1 is 1.10 bits per heavy atom. The lowest BCUT2D eigenvalue weighted by Gasteiger charge is -2.13. The second-order valence-corrected chi connectivity index (χ2v) is 7.99. The van der Waals surface area contributed by atoms with Crippen molar-refractivity contribution in [2.75, 3.05) is 11.9 Å². The number of nitrogens with one attached hydrogen (secondary N) is 3. The third-order valence-corrected chi connectivity index (χ3v) is 5.62. The second-order valence-electron chi connectivity index (χ2n) is 7.60. The van der Waals surface area contributed by atoms with Crippen molar-refractivity contribution in [3.63, 3.8) is 0 Å². The molecule has 0 atom stereocenters. The van der Waals surface area contributed by atoms with Crippen LogP contribution in [0.15, 0.2) is 60.2 Å². The van der Waals surface area contributed by atoms with Crippen LogP contribution in [0.3, 0.4) is 0 Å². The van der Waals surface area contributed by atoms with E-state index in [1.807, 2.05) is 48.5 Å². The zero-order valence-electron chi connectivity index (χ0n) is 16.9. The van der Waals surface area contributed by atoms with Crippen molar-refractivity contribution >= 4 is 34.8 Å². The molecule has 1 aliphatic carbocycles. The molecule has 3 aromatic rings. The van der Waals surface area contributed by atoms with E-state index in [0.717, 1.165) is 28.7 Å². The van der Waals surface area contributed by atoms with E-state index in [9.17, 15) is 4.79 Å². The molecule has 4 rings (SSSR count). The highest BCUT2D eigenvalue weighted by Crippen LogP contribution is 2.20. The Labute approximate surface area is 181 Å². The van der Waals surface area contributed by atoms with E-state index < -0.39 is 0 Å². The van der Waals surface area contributed by atoms with E-state index in [4.69, 9.17) is 12.2 Å². The molecular formula is C24H26N4OS. The first-order valence-electron chi connectivity index (χ1n) is 10.5. The van der Waals surface area contributed by atoms with Gasteiger partial charge >= 0.3 is 0 Å². The van der Waals surface area contributed by atoms with Gasteiger partial charge in [0.2, 0.25) is 0 Å². The zero-order chi connectivity index (χ0) is 20.8. The van der Waals surface area contributed by atoms with E-state index in [1.54, 1.807) is 0 Å². The quantitative estimate of drug-likeness (QED) is 0.349. The summed E-state index contributed by atoms with van der Waals surface area (Å²) in [6, 6.07) is 15.6. The predicted molar refractivity (Wildman–Crippen MR) is 124 cm³/mol. The van der Waals surface area contributed by atoms with E-state index in [0.29, 0.717) is 23.4 Å². The number of anilines is 1. The van der Waals surface area contributed by atoms with Gasteiger partial charge in [-0.2, -0.15) is 0 Å². The molecule has 0 spiro atoms. The topological polar surface area (TPSA) is 69.8 Å². The molecule has 154 valence electrons. The van der Waals surface area contributed by atoms with Gasteiger partial charge in [0.1, 0.15) is 5.82 Å². The van der Waals surface area contributed by atoms with Crippen LogP contribution < -0.4 is 10.6 Å². The number of carbonyl (C=O) groups is 1. The van der Waals surface area contributed by atoms with E-state index in [-0.39, 0.29) is 5.91 Å². The summed E-state index contributed by atoms with van der Waals surface area (Å²) in [5.41, 5.74) is 4.19. The van der Waals surface area contributed by atoms with Gasteiger partial charge in [-0.25, -0.2) is 4.98 Å². The van der Waals surface area contributed by atoms with Gasteiger partial charge in [0.25, 0.3) is 5.91 Å². The van der Waals surface area contributed by atoms with Crippen LogP contribution in [-0.2, 0) is 6.54 Å². The Bertz CT molecular complexity index is 1120. The highest BCUT2D eigenvalue weighted by atomic mass is 32.1. The fourth-order valence-corrected chi connectivity index (χ4v) is 3.97. The molecule has 1 aliphatic rings. The fourth-order valence-electron chi connectivity index (χ4n) is 3.77. The van der Waals surface area contributed by atoms with Crippen LogP contribution >= 0.6 is 12.2 Å². The lowest BCUT2D eigenvalue weighted by molar-refractivity contribution is 0.0954. The molecular weight excluding hydrogens is 392 g/mol. The second kappa shape index (κ2) is 9.67. The first kappa shape index (κ1) is 20.3. The minimum absolute atomic E-state index is 0.0204. The maximum absolute atomic E-state index is 12.4. The maximum atomic E-state index is 12.4. The van der Waals surface area contributed by atoms with Gasteiger partial charge in [0, 0.05) is 24.0 Å². The van der Waals surface area contributed by atoms with Gasteiger partial charge in [0.15, 0.2) is 4.77 Å². The molecule has 1 heterocycles. The highest BCUT2D eigenvalue weighted by Gasteiger charge is 2.08. The number of amides is 1. The standard InChI is InChI=1S/C24H26N4OS/c29-23(25-15-14-17-6-2-1-3-7-17)19-12-10-18(11-13-19)16-26-22-20-8-4-5-9-21(20)27-24(30)28-22/h4-6,8-13H,1-3,7,14-16H2,(H,25,29)(H2,26,27,28,30). The number of H-pyrrole nitrogens is 1. The van der Waals surface area contributed by atoms with Crippen LogP contribution in [0.4, 0.5) is 5.82 Å². The highest BCUT2D eigenvalue weighted by molar-refractivity contribution is 7.71. The maximum Gasteiger partial charge on any atom is 0.251 e. The number of benzene rings is 2. The van der Waals surface area contributed by atoms with Crippen molar-refractivity contribution in [2.45, 2.75) is 38.6 Å². The summed E-state index contributed by atoms with van der Waals surface area (Å²) in [6.45, 7) is 1.30. The monoisotopic (exact) mass is 418 g/mol. The van der Waals surface area contributed by atoms with Gasteiger partial charge in [0.05, 0.1) is 5.52 Å². The van der Waals surface area contributed by atoms with Crippen molar-refractivity contribution in [3.05, 3.63) is 76.1 Å². The molecule has 5 nitrogen and oxygen atoms in total. The number of aromatic nitrogens is 2. The van der Waals surface area contributed by atoms with Crippen molar-refractivity contribution in [1.29, 1.82) is 0 Å². The number of hydrogen-bond donors (Lipinski definition) is 3. The molecule has 1 aromatic heterocycles. The van der Waals surface area contributed by atoms with Gasteiger partial charge in [-0.05, 0) is 74.2 Å². The van der Waals surface area contributed by atoms with Crippen LogP contribution in [0, 0.1) is 4.77 Å². The van der Waals surface area contributed by atoms with E-state index in [1.165, 1.54) is 31.3 Å². The Balaban J connectivity index is 1.33. The number of nitrogens with zero attached hydrogens (tertiary/aromatic N) is 1. The number of fused-ring (bicyclic) bond motifs is 1. The third kappa shape index (κ3) is 5.13. The molecule has 0 radical (unpaired) electrons. The van der Waals surface area contributed by atoms with Crippen LogP contribution in [0.2, 0.25) is 0 Å². The predicted octanol–water partition coefficient (Wildman–Crippen LogP) is 5.52. The van der Waals surface area contributed by atoms with Crippen molar-refractivity contribution in [3.8, 4) is 0 Å².